The van der Waals surface area contributed by atoms with Gasteiger partial charge in [-0.3, -0.25) is 9.71 Å². The third-order valence-corrected chi connectivity index (χ3v) is 5.31. The highest BCUT2D eigenvalue weighted by Gasteiger charge is 2.16. The Morgan fingerprint density at radius 2 is 2.16 bits per heavy atom. The van der Waals surface area contributed by atoms with E-state index in [2.05, 4.69) is 15.0 Å². The van der Waals surface area contributed by atoms with Crippen molar-refractivity contribution in [3.63, 3.8) is 0 Å². The summed E-state index contributed by atoms with van der Waals surface area (Å²) in [7, 11) is -1.70. The van der Waals surface area contributed by atoms with Crippen molar-refractivity contribution in [1.82, 2.24) is 10.3 Å². The largest absolute Gasteiger partial charge is 0.316 e. The lowest BCUT2D eigenvalue weighted by atomic mass is 10.3. The van der Waals surface area contributed by atoms with E-state index in [9.17, 15) is 8.42 Å². The standard InChI is InChI=1S/C12H15N3O2S2/c1-9-3-4-11(7-14-9)15-19(16,17)12-5-10(6-13-2)8-18-12/h3-5,7-8,13,15H,6H2,1-2H3. The molecule has 0 aromatic carbocycles. The first-order valence-corrected chi connectivity index (χ1v) is 8.05. The molecule has 0 spiro atoms. The second kappa shape index (κ2) is 5.68. The number of rotatable bonds is 5. The lowest BCUT2D eigenvalue weighted by Gasteiger charge is -2.05. The second-order valence-corrected chi connectivity index (χ2v) is 6.92. The van der Waals surface area contributed by atoms with Gasteiger partial charge in [0.05, 0.1) is 11.9 Å². The maximum Gasteiger partial charge on any atom is 0.271 e. The van der Waals surface area contributed by atoms with E-state index in [0.717, 1.165) is 11.3 Å². The molecule has 2 aromatic rings. The summed E-state index contributed by atoms with van der Waals surface area (Å²) in [5.41, 5.74) is 2.26. The molecule has 2 heterocycles. The number of aromatic nitrogens is 1. The molecule has 19 heavy (non-hydrogen) atoms. The Hall–Kier alpha value is -1.44. The van der Waals surface area contributed by atoms with Crippen LogP contribution in [0.15, 0.2) is 34.0 Å². The number of thiophene rings is 1. The Kier molecular flexibility index (Phi) is 4.18. The maximum absolute atomic E-state index is 12.2. The molecule has 0 atom stereocenters. The molecular weight excluding hydrogens is 282 g/mol. The van der Waals surface area contributed by atoms with Gasteiger partial charge in [-0.1, -0.05) is 0 Å². The van der Waals surface area contributed by atoms with Crippen molar-refractivity contribution in [1.29, 1.82) is 0 Å². The average Bonchev–Trinajstić information content (AvgIpc) is 2.82. The van der Waals surface area contributed by atoms with Crippen molar-refractivity contribution in [2.45, 2.75) is 17.7 Å². The molecule has 2 aromatic heterocycles. The van der Waals surface area contributed by atoms with Gasteiger partial charge < -0.3 is 5.32 Å². The molecule has 0 radical (unpaired) electrons. The van der Waals surface area contributed by atoms with Crippen molar-refractivity contribution >= 4 is 27.0 Å². The minimum absolute atomic E-state index is 0.304. The van der Waals surface area contributed by atoms with Gasteiger partial charge in [0, 0.05) is 12.2 Å². The molecule has 0 bridgehead atoms. The van der Waals surface area contributed by atoms with E-state index in [1.807, 2.05) is 19.4 Å². The topological polar surface area (TPSA) is 71.1 Å². The lowest BCUT2D eigenvalue weighted by molar-refractivity contribution is 0.603. The SMILES string of the molecule is CNCc1csc(S(=O)(=O)Nc2ccc(C)nc2)c1. The molecule has 5 nitrogen and oxygen atoms in total. The van der Waals surface area contributed by atoms with Crippen molar-refractivity contribution < 1.29 is 8.42 Å². The predicted octanol–water partition coefficient (Wildman–Crippen LogP) is 1.97. The maximum atomic E-state index is 12.2. The van der Waals surface area contributed by atoms with Gasteiger partial charge in [-0.05, 0) is 43.1 Å². The van der Waals surface area contributed by atoms with E-state index < -0.39 is 10.0 Å². The Morgan fingerprint density at radius 1 is 1.37 bits per heavy atom. The normalized spacial score (nSPS) is 11.5. The quantitative estimate of drug-likeness (QED) is 0.885. The molecule has 2 rings (SSSR count). The molecule has 0 saturated carbocycles. The molecule has 0 aliphatic rings. The van der Waals surface area contributed by atoms with Gasteiger partial charge >= 0.3 is 0 Å². The second-order valence-electron chi connectivity index (χ2n) is 4.10. The van der Waals surface area contributed by atoms with E-state index in [-0.39, 0.29) is 0 Å². The van der Waals surface area contributed by atoms with Crippen molar-refractivity contribution in [2.75, 3.05) is 11.8 Å². The van der Waals surface area contributed by atoms with Crippen molar-refractivity contribution in [3.8, 4) is 0 Å². The Bertz CT molecular complexity index is 648. The Balaban J connectivity index is 2.19. The first-order chi connectivity index (χ1) is 9.01. The average molecular weight is 297 g/mol. The van der Waals surface area contributed by atoms with Gasteiger partial charge in [0.2, 0.25) is 0 Å². The van der Waals surface area contributed by atoms with Gasteiger partial charge in [0.1, 0.15) is 4.21 Å². The highest BCUT2D eigenvalue weighted by molar-refractivity contribution is 7.94. The number of nitrogens with one attached hydrogen (secondary N) is 2. The van der Waals surface area contributed by atoms with E-state index >= 15 is 0 Å². The van der Waals surface area contributed by atoms with Crippen LogP contribution >= 0.6 is 11.3 Å². The smallest absolute Gasteiger partial charge is 0.271 e. The van der Waals surface area contributed by atoms with Crippen LogP contribution in [0, 0.1) is 6.92 Å². The van der Waals surface area contributed by atoms with Gasteiger partial charge in [-0.2, -0.15) is 0 Å². The summed E-state index contributed by atoms with van der Waals surface area (Å²) in [6.45, 7) is 2.50. The van der Waals surface area contributed by atoms with Crippen LogP contribution < -0.4 is 10.0 Å². The van der Waals surface area contributed by atoms with Crippen LogP contribution in [0.4, 0.5) is 5.69 Å². The van der Waals surface area contributed by atoms with E-state index in [1.165, 1.54) is 17.5 Å². The number of hydrogen-bond acceptors (Lipinski definition) is 5. The zero-order chi connectivity index (χ0) is 13.9. The summed E-state index contributed by atoms with van der Waals surface area (Å²) in [6, 6.07) is 5.13. The fraction of sp³-hybridized carbons (Fsp3) is 0.250. The molecule has 7 heteroatoms. The summed E-state index contributed by atoms with van der Waals surface area (Å²) in [6.07, 6.45) is 1.51. The van der Waals surface area contributed by atoms with Gasteiger partial charge in [0.25, 0.3) is 10.0 Å². The molecule has 0 fully saturated rings. The summed E-state index contributed by atoms with van der Waals surface area (Å²) in [5, 5.41) is 4.82. The fourth-order valence-electron chi connectivity index (χ4n) is 1.52. The minimum atomic E-state index is -3.52. The third-order valence-electron chi connectivity index (χ3n) is 2.44. The number of aryl methyl sites for hydroxylation is 1. The van der Waals surface area contributed by atoms with Crippen molar-refractivity contribution in [3.05, 3.63) is 41.0 Å². The van der Waals surface area contributed by atoms with Crippen LogP contribution in [0.1, 0.15) is 11.3 Å². The monoisotopic (exact) mass is 297 g/mol. The molecular formula is C12H15N3O2S2. The zero-order valence-corrected chi connectivity index (χ0v) is 12.3. The number of nitrogens with zero attached hydrogens (tertiary/aromatic N) is 1. The van der Waals surface area contributed by atoms with Crippen LogP contribution in [0.2, 0.25) is 0 Å². The van der Waals surface area contributed by atoms with Crippen LogP contribution in [0.25, 0.3) is 0 Å². The number of hydrogen-bond donors (Lipinski definition) is 2. The molecule has 0 unspecified atom stereocenters. The fourth-order valence-corrected chi connectivity index (χ4v) is 3.78. The first kappa shape index (κ1) is 14.0. The van der Waals surface area contributed by atoms with Crippen LogP contribution in [-0.4, -0.2) is 20.4 Å². The minimum Gasteiger partial charge on any atom is -0.316 e. The molecule has 0 aliphatic carbocycles. The van der Waals surface area contributed by atoms with Crippen molar-refractivity contribution in [2.24, 2.45) is 0 Å². The van der Waals surface area contributed by atoms with Crippen LogP contribution in [0.5, 0.6) is 0 Å². The van der Waals surface area contributed by atoms with E-state index in [0.29, 0.717) is 16.4 Å². The number of anilines is 1. The van der Waals surface area contributed by atoms with E-state index in [1.54, 1.807) is 18.2 Å². The summed E-state index contributed by atoms with van der Waals surface area (Å²) >= 11 is 1.21. The molecule has 0 amide bonds. The van der Waals surface area contributed by atoms with Gasteiger partial charge in [-0.15, -0.1) is 11.3 Å². The van der Waals surface area contributed by atoms with Crippen LogP contribution in [0.3, 0.4) is 0 Å². The summed E-state index contributed by atoms with van der Waals surface area (Å²) in [4.78, 5) is 4.06. The summed E-state index contributed by atoms with van der Waals surface area (Å²) < 4.78 is 27.1. The highest BCUT2D eigenvalue weighted by Crippen LogP contribution is 2.22. The predicted molar refractivity (Wildman–Crippen MR) is 76.9 cm³/mol. The van der Waals surface area contributed by atoms with E-state index in [4.69, 9.17) is 0 Å². The van der Waals surface area contributed by atoms with Gasteiger partial charge in [0.15, 0.2) is 0 Å². The number of pyridine rings is 1. The molecule has 102 valence electrons. The molecule has 2 N–H and O–H groups in total. The first-order valence-electron chi connectivity index (χ1n) is 5.69. The number of sulfonamides is 1. The zero-order valence-electron chi connectivity index (χ0n) is 10.7. The highest BCUT2D eigenvalue weighted by atomic mass is 32.2. The molecule has 0 saturated heterocycles. The Labute approximate surface area is 116 Å². The molecule has 0 aliphatic heterocycles. The summed E-state index contributed by atoms with van der Waals surface area (Å²) in [5.74, 6) is 0. The van der Waals surface area contributed by atoms with Crippen LogP contribution in [-0.2, 0) is 16.6 Å². The lowest BCUT2D eigenvalue weighted by Crippen LogP contribution is -2.12. The Morgan fingerprint density at radius 3 is 2.79 bits per heavy atom. The third kappa shape index (κ3) is 3.52. The van der Waals surface area contributed by atoms with Gasteiger partial charge in [-0.25, -0.2) is 8.42 Å².